The van der Waals surface area contributed by atoms with Gasteiger partial charge in [-0.05, 0) is 30.8 Å². The number of ether oxygens (including phenoxy) is 1. The molecule has 0 aliphatic carbocycles. The van der Waals surface area contributed by atoms with Gasteiger partial charge in [-0.3, -0.25) is 0 Å². The third-order valence-electron chi connectivity index (χ3n) is 2.17. The van der Waals surface area contributed by atoms with Crippen molar-refractivity contribution in [2.24, 2.45) is 0 Å². The van der Waals surface area contributed by atoms with Gasteiger partial charge in [0, 0.05) is 6.54 Å². The third-order valence-corrected chi connectivity index (χ3v) is 2.41. The van der Waals surface area contributed by atoms with E-state index in [0.29, 0.717) is 10.8 Å². The summed E-state index contributed by atoms with van der Waals surface area (Å²) in [6.45, 7) is -0.0287. The molecule has 0 aliphatic heterocycles. The van der Waals surface area contributed by atoms with Gasteiger partial charge in [-0.2, -0.15) is 8.78 Å². The van der Waals surface area contributed by atoms with Crippen molar-refractivity contribution in [1.82, 2.24) is 5.32 Å². The van der Waals surface area contributed by atoms with E-state index < -0.39 is 6.61 Å². The van der Waals surface area contributed by atoms with Crippen LogP contribution in [0.3, 0.4) is 0 Å². The summed E-state index contributed by atoms with van der Waals surface area (Å²) in [6, 6.07) is 6.43. The molecule has 0 saturated heterocycles. The van der Waals surface area contributed by atoms with Crippen LogP contribution in [0.25, 0.3) is 0 Å². The average Bonchev–Trinajstić information content (AvgIpc) is 2.31. The summed E-state index contributed by atoms with van der Waals surface area (Å²) >= 11 is 5.06. The van der Waals surface area contributed by atoms with Gasteiger partial charge in [0.05, 0.1) is 5.69 Å². The number of nitrogens with one attached hydrogen (secondary N) is 2. The summed E-state index contributed by atoms with van der Waals surface area (Å²) < 4.78 is 28.8. The Morgan fingerprint density at radius 1 is 1.39 bits per heavy atom. The Balaban J connectivity index is 2.57. The third kappa shape index (κ3) is 5.27. The van der Waals surface area contributed by atoms with Crippen molar-refractivity contribution >= 4 is 23.0 Å². The Morgan fingerprint density at radius 3 is 2.78 bits per heavy atom. The second-order valence-electron chi connectivity index (χ2n) is 3.61. The number of alkyl halides is 2. The van der Waals surface area contributed by atoms with Crippen molar-refractivity contribution in [3.63, 3.8) is 0 Å². The van der Waals surface area contributed by atoms with Gasteiger partial charge in [0.25, 0.3) is 0 Å². The molecule has 0 saturated carbocycles. The number of benzene rings is 1. The van der Waals surface area contributed by atoms with Crippen molar-refractivity contribution in [1.29, 1.82) is 0 Å². The smallest absolute Gasteiger partial charge is 0.387 e. The summed E-state index contributed by atoms with van der Waals surface area (Å²) in [7, 11) is 0. The van der Waals surface area contributed by atoms with Gasteiger partial charge in [0.1, 0.15) is 5.75 Å². The van der Waals surface area contributed by atoms with Gasteiger partial charge < -0.3 is 15.4 Å². The number of hydrogen-bond donors (Lipinski definition) is 2. The van der Waals surface area contributed by atoms with Gasteiger partial charge in [0.2, 0.25) is 0 Å². The predicted molar refractivity (Wildman–Crippen MR) is 72.2 cm³/mol. The maximum absolute atomic E-state index is 12.2. The van der Waals surface area contributed by atoms with Gasteiger partial charge in [-0.15, -0.1) is 0 Å². The highest BCUT2D eigenvalue weighted by molar-refractivity contribution is 7.80. The highest BCUT2D eigenvalue weighted by atomic mass is 32.1. The molecule has 100 valence electrons. The lowest BCUT2D eigenvalue weighted by Gasteiger charge is -2.14. The van der Waals surface area contributed by atoms with Crippen molar-refractivity contribution in [2.45, 2.75) is 26.4 Å². The standard InChI is InChI=1S/C12H16F2N2OS/c1-2-3-8-15-12(18)16-9-6-4-5-7-10(9)17-11(13)14/h4-7,11H,2-3,8H2,1H3,(H2,15,16,18). The molecule has 0 unspecified atom stereocenters. The second kappa shape index (κ2) is 7.81. The van der Waals surface area contributed by atoms with Gasteiger partial charge in [-0.1, -0.05) is 25.5 Å². The lowest BCUT2D eigenvalue weighted by molar-refractivity contribution is -0.0493. The molecular formula is C12H16F2N2OS. The maximum Gasteiger partial charge on any atom is 0.387 e. The number of para-hydroxylation sites is 2. The first-order valence-corrected chi connectivity index (χ1v) is 6.13. The molecule has 0 spiro atoms. The number of thiocarbonyl (C=S) groups is 1. The van der Waals surface area contributed by atoms with Crippen LogP contribution in [0.2, 0.25) is 0 Å². The lowest BCUT2D eigenvalue weighted by atomic mass is 10.3. The van der Waals surface area contributed by atoms with Crippen LogP contribution in [-0.2, 0) is 0 Å². The van der Waals surface area contributed by atoms with Crippen molar-refractivity contribution in [2.75, 3.05) is 11.9 Å². The molecule has 0 atom stereocenters. The minimum absolute atomic E-state index is 0.0761. The van der Waals surface area contributed by atoms with Gasteiger partial charge >= 0.3 is 6.61 Å². The molecule has 0 amide bonds. The largest absolute Gasteiger partial charge is 0.433 e. The predicted octanol–water partition coefficient (Wildman–Crippen LogP) is 3.37. The normalized spacial score (nSPS) is 10.2. The molecule has 1 aromatic rings. The first-order chi connectivity index (χ1) is 8.63. The first kappa shape index (κ1) is 14.6. The number of halogens is 2. The number of anilines is 1. The van der Waals surface area contributed by atoms with Crippen LogP contribution >= 0.6 is 12.2 Å². The molecule has 6 heteroatoms. The van der Waals surface area contributed by atoms with E-state index in [2.05, 4.69) is 22.3 Å². The van der Waals surface area contributed by atoms with E-state index in [0.717, 1.165) is 19.4 Å². The van der Waals surface area contributed by atoms with Crippen LogP contribution in [0.4, 0.5) is 14.5 Å². The quantitative estimate of drug-likeness (QED) is 0.615. The van der Waals surface area contributed by atoms with Crippen molar-refractivity contribution in [3.8, 4) is 5.75 Å². The summed E-state index contributed by atoms with van der Waals surface area (Å²) in [5.41, 5.74) is 0.423. The molecule has 3 nitrogen and oxygen atoms in total. The number of rotatable bonds is 6. The fraction of sp³-hybridized carbons (Fsp3) is 0.417. The van der Waals surface area contributed by atoms with Crippen LogP contribution in [0.15, 0.2) is 24.3 Å². The molecule has 1 aromatic carbocycles. The van der Waals surface area contributed by atoms with Crippen molar-refractivity contribution in [3.05, 3.63) is 24.3 Å². The zero-order valence-electron chi connectivity index (χ0n) is 10.1. The van der Waals surface area contributed by atoms with E-state index in [1.165, 1.54) is 6.07 Å². The van der Waals surface area contributed by atoms with E-state index in [1.807, 2.05) is 0 Å². The molecule has 18 heavy (non-hydrogen) atoms. The van der Waals surface area contributed by atoms with E-state index in [-0.39, 0.29) is 5.75 Å². The maximum atomic E-state index is 12.2. The fourth-order valence-corrected chi connectivity index (χ4v) is 1.53. The van der Waals surface area contributed by atoms with E-state index >= 15 is 0 Å². The average molecular weight is 274 g/mol. The highest BCUT2D eigenvalue weighted by Crippen LogP contribution is 2.25. The molecule has 0 heterocycles. The fourth-order valence-electron chi connectivity index (χ4n) is 1.31. The van der Waals surface area contributed by atoms with Gasteiger partial charge in [0.15, 0.2) is 5.11 Å². The molecule has 2 N–H and O–H groups in total. The number of hydrogen-bond acceptors (Lipinski definition) is 2. The molecule has 0 fully saturated rings. The number of unbranched alkanes of at least 4 members (excludes halogenated alkanes) is 1. The summed E-state index contributed by atoms with van der Waals surface area (Å²) in [5.74, 6) is 0.0761. The molecular weight excluding hydrogens is 258 g/mol. The monoisotopic (exact) mass is 274 g/mol. The van der Waals surface area contributed by atoms with Crippen molar-refractivity contribution < 1.29 is 13.5 Å². The Bertz CT molecular complexity index is 388. The Labute approximate surface area is 111 Å². The van der Waals surface area contributed by atoms with E-state index in [1.54, 1.807) is 18.2 Å². The van der Waals surface area contributed by atoms with E-state index in [4.69, 9.17) is 12.2 Å². The minimum atomic E-state index is -2.85. The lowest BCUT2D eigenvalue weighted by Crippen LogP contribution is -2.29. The zero-order valence-corrected chi connectivity index (χ0v) is 10.9. The molecule has 0 aromatic heterocycles. The van der Waals surface area contributed by atoms with Crippen LogP contribution in [0, 0.1) is 0 Å². The first-order valence-electron chi connectivity index (χ1n) is 5.72. The van der Waals surface area contributed by atoms with Crippen LogP contribution < -0.4 is 15.4 Å². The van der Waals surface area contributed by atoms with Gasteiger partial charge in [-0.25, -0.2) is 0 Å². The van der Waals surface area contributed by atoms with Crippen LogP contribution in [0.5, 0.6) is 5.75 Å². The second-order valence-corrected chi connectivity index (χ2v) is 4.02. The highest BCUT2D eigenvalue weighted by Gasteiger charge is 2.09. The minimum Gasteiger partial charge on any atom is -0.433 e. The zero-order chi connectivity index (χ0) is 13.4. The molecule has 0 radical (unpaired) electrons. The summed E-state index contributed by atoms with van der Waals surface area (Å²) in [5, 5.41) is 6.22. The molecule has 0 aliphatic rings. The molecule has 0 bridgehead atoms. The van der Waals surface area contributed by atoms with E-state index in [9.17, 15) is 8.78 Å². The SMILES string of the molecule is CCCCNC(=S)Nc1ccccc1OC(F)F. The Morgan fingerprint density at radius 2 is 2.11 bits per heavy atom. The topological polar surface area (TPSA) is 33.3 Å². The van der Waals surface area contributed by atoms with Crippen LogP contribution in [-0.4, -0.2) is 18.3 Å². The Kier molecular flexibility index (Phi) is 6.35. The Hall–Kier alpha value is -1.43. The summed E-state index contributed by atoms with van der Waals surface area (Å²) in [6.07, 6.45) is 2.05. The summed E-state index contributed by atoms with van der Waals surface area (Å²) in [4.78, 5) is 0. The molecule has 1 rings (SSSR count). The van der Waals surface area contributed by atoms with Crippen LogP contribution in [0.1, 0.15) is 19.8 Å².